The molecule has 0 aliphatic rings. The second kappa shape index (κ2) is 8.22. The van der Waals surface area contributed by atoms with Crippen molar-refractivity contribution in [3.05, 3.63) is 35.9 Å². The summed E-state index contributed by atoms with van der Waals surface area (Å²) in [4.78, 5) is 34.2. The second-order valence-corrected chi connectivity index (χ2v) is 5.80. The maximum absolute atomic E-state index is 11.8. The van der Waals surface area contributed by atoms with Crippen LogP contribution >= 0.6 is 8.93 Å². The number of carboxylic acids is 1. The molecule has 1 amide bonds. The van der Waals surface area contributed by atoms with Crippen molar-refractivity contribution in [2.75, 3.05) is 0 Å². The van der Waals surface area contributed by atoms with E-state index in [1.807, 2.05) is 0 Å². The number of carbonyl (C=O) groups excluding carboxylic acids is 2. The molecule has 0 saturated heterocycles. The van der Waals surface area contributed by atoms with Crippen LogP contribution in [0.4, 0.5) is 0 Å². The fourth-order valence-electron chi connectivity index (χ4n) is 1.44. The SMILES string of the molecule is [3H][I-]SC(=O)C[C@H](NC(=O)[C@@H](O)c1ccccc1)C(=O)O. The predicted octanol–water partition coefficient (Wildman–Crippen LogP) is -2.86. The van der Waals surface area contributed by atoms with Gasteiger partial charge in [-0.15, -0.1) is 0 Å². The zero-order valence-corrected chi connectivity index (χ0v) is 13.1. The van der Waals surface area contributed by atoms with E-state index in [-0.39, 0.29) is 0 Å². The number of aliphatic hydroxyl groups is 1. The molecule has 0 fully saturated rings. The van der Waals surface area contributed by atoms with E-state index in [2.05, 4.69) is 5.32 Å². The molecule has 0 aliphatic heterocycles. The molecule has 110 valence electrons. The quantitative estimate of drug-likeness (QED) is 0.417. The molecule has 0 saturated carbocycles. The molecular formula is C12H13INO5S-. The first kappa shape index (κ1) is 15.3. The molecule has 0 bridgehead atoms. The van der Waals surface area contributed by atoms with E-state index < -0.39 is 56.6 Å². The molecule has 0 unspecified atom stereocenters. The maximum atomic E-state index is 11.8. The van der Waals surface area contributed by atoms with E-state index in [1.54, 1.807) is 18.2 Å². The number of benzene rings is 1. The van der Waals surface area contributed by atoms with Crippen LogP contribution in [0.3, 0.4) is 0 Å². The number of aliphatic hydroxyl groups excluding tert-OH is 1. The van der Waals surface area contributed by atoms with E-state index >= 15 is 0 Å². The number of nitrogens with one attached hydrogen (secondary N) is 1. The molecule has 0 heterocycles. The van der Waals surface area contributed by atoms with Crippen LogP contribution in [0.5, 0.6) is 0 Å². The van der Waals surface area contributed by atoms with Gasteiger partial charge in [-0.25, -0.2) is 0 Å². The first-order chi connectivity index (χ1) is 9.95. The minimum absolute atomic E-state index is 0.330. The fraction of sp³-hybridized carbons (Fsp3) is 0.250. The first-order valence-corrected chi connectivity index (χ1v) is 8.89. The van der Waals surface area contributed by atoms with Crippen molar-refractivity contribution in [2.45, 2.75) is 18.6 Å². The Morgan fingerprint density at radius 3 is 2.55 bits per heavy atom. The first-order valence-electron chi connectivity index (χ1n) is 5.91. The number of aliphatic carboxylic acids is 1. The minimum atomic E-state index is -1.50. The third-order valence-electron chi connectivity index (χ3n) is 2.44. The van der Waals surface area contributed by atoms with E-state index in [0.29, 0.717) is 5.56 Å². The monoisotopic (exact) mass is 412 g/mol. The van der Waals surface area contributed by atoms with Crippen molar-refractivity contribution in [3.8, 4) is 0 Å². The van der Waals surface area contributed by atoms with E-state index in [0.717, 1.165) is 8.93 Å². The summed E-state index contributed by atoms with van der Waals surface area (Å²) in [5.74, 6) is -2.24. The van der Waals surface area contributed by atoms with Gasteiger partial charge < -0.3 is 0 Å². The van der Waals surface area contributed by atoms with Gasteiger partial charge in [-0.3, -0.25) is 0 Å². The van der Waals surface area contributed by atoms with Crippen molar-refractivity contribution < 1.29 is 45.6 Å². The van der Waals surface area contributed by atoms with Gasteiger partial charge in [0.2, 0.25) is 0 Å². The van der Waals surface area contributed by atoms with Crippen molar-refractivity contribution in [1.29, 1.82) is 0.594 Å². The molecule has 8 heteroatoms. The molecule has 0 aliphatic carbocycles. The van der Waals surface area contributed by atoms with Gasteiger partial charge in [-0.05, 0) is 0 Å². The summed E-state index contributed by atoms with van der Waals surface area (Å²) in [6, 6.07) is 6.65. The van der Waals surface area contributed by atoms with Crippen LogP contribution in [0.1, 0.15) is 18.1 Å². The Morgan fingerprint density at radius 2 is 2.00 bits per heavy atom. The number of carboxylic acid groups (broad SMARTS) is 1. The van der Waals surface area contributed by atoms with E-state index in [9.17, 15) is 19.5 Å². The van der Waals surface area contributed by atoms with Crippen LogP contribution in [-0.2, 0) is 14.4 Å². The summed E-state index contributed by atoms with van der Waals surface area (Å²) >= 11 is -1.09. The molecule has 20 heavy (non-hydrogen) atoms. The summed E-state index contributed by atoms with van der Waals surface area (Å²) in [7, 11) is 0.770. The average molecular weight is 412 g/mol. The zero-order chi connectivity index (χ0) is 15.8. The summed E-state index contributed by atoms with van der Waals surface area (Å²) in [5, 5.41) is 20.5. The summed E-state index contributed by atoms with van der Waals surface area (Å²) < 4.78 is 6.98. The van der Waals surface area contributed by atoms with Crippen molar-refractivity contribution >= 4 is 25.9 Å². The summed E-state index contributed by atoms with van der Waals surface area (Å²) in [5.41, 5.74) is 0.330. The average Bonchev–Trinajstić information content (AvgIpc) is 2.46. The standard InChI is InChI=1S/C12H13INO5S/c13-20-9(15)6-8(12(18)19)14-11(17)10(16)7-4-2-1-3-5-7/h1-5,8,10,13,16H,6H2,(H,14,17)(H,18,19)/q-1/t8-,10-/m0/s1/i13T. The van der Waals surface area contributed by atoms with Crippen LogP contribution in [0.2, 0.25) is 0 Å². The predicted molar refractivity (Wildman–Crippen MR) is 69.6 cm³/mol. The number of rotatable bonds is 7. The Kier molecular flexibility index (Phi) is 6.27. The third kappa shape index (κ3) is 5.10. The number of hydrogen-bond donors (Lipinski definition) is 3. The molecule has 0 spiro atoms. The van der Waals surface area contributed by atoms with Gasteiger partial charge in [0.1, 0.15) is 0 Å². The van der Waals surface area contributed by atoms with Gasteiger partial charge >= 0.3 is 132 Å². The van der Waals surface area contributed by atoms with Crippen molar-refractivity contribution in [2.24, 2.45) is 0 Å². The topological polar surface area (TPSA) is 104 Å². The second-order valence-electron chi connectivity index (χ2n) is 3.87. The molecular weight excluding hydrogens is 397 g/mol. The Hall–Kier alpha value is -1.13. The fourth-order valence-corrected chi connectivity index (χ4v) is 2.20. The Balaban J connectivity index is 2.68. The van der Waals surface area contributed by atoms with Crippen LogP contribution in [0, 0.1) is 0 Å². The van der Waals surface area contributed by atoms with Gasteiger partial charge in [0.05, 0.1) is 0 Å². The number of carbonyl (C=O) groups is 3. The summed E-state index contributed by atoms with van der Waals surface area (Å²) in [6.07, 6.45) is -1.91. The number of amides is 1. The molecule has 1 aromatic rings. The molecule has 0 aromatic heterocycles. The van der Waals surface area contributed by atoms with Crippen LogP contribution in [-0.4, -0.2) is 33.8 Å². The van der Waals surface area contributed by atoms with E-state index in [1.165, 1.54) is 12.1 Å². The zero-order valence-electron chi connectivity index (χ0n) is 11.2. The van der Waals surface area contributed by atoms with Gasteiger partial charge in [0, 0.05) is 0 Å². The van der Waals surface area contributed by atoms with Gasteiger partial charge in [0.25, 0.3) is 0 Å². The van der Waals surface area contributed by atoms with Crippen LogP contribution < -0.4 is 26.3 Å². The van der Waals surface area contributed by atoms with Gasteiger partial charge in [-0.2, -0.15) is 0 Å². The van der Waals surface area contributed by atoms with Gasteiger partial charge in [0.15, 0.2) is 0 Å². The van der Waals surface area contributed by atoms with Crippen LogP contribution in [0.25, 0.3) is 0 Å². The van der Waals surface area contributed by atoms with Gasteiger partial charge in [-0.1, -0.05) is 0 Å². The number of hydrogen-bond acceptors (Lipinski definition) is 5. The van der Waals surface area contributed by atoms with E-state index in [4.69, 9.17) is 5.70 Å². The Labute approximate surface area is 132 Å². The normalized spacial score (nSPS) is 14.2. The molecule has 3 N–H and O–H groups in total. The molecule has 2 atom stereocenters. The molecule has 0 radical (unpaired) electrons. The van der Waals surface area contributed by atoms with Crippen LogP contribution in [0.15, 0.2) is 30.3 Å². The van der Waals surface area contributed by atoms with Crippen molar-refractivity contribution in [1.82, 2.24) is 5.32 Å². The molecule has 1 rings (SSSR count). The Morgan fingerprint density at radius 1 is 1.35 bits per heavy atom. The third-order valence-corrected chi connectivity index (χ3v) is 4.25. The summed E-state index contributed by atoms with van der Waals surface area (Å²) in [6.45, 7) is 0. The Bertz CT molecular complexity index is 516. The molecule has 1 aromatic carbocycles. The number of halogens is 1. The van der Waals surface area contributed by atoms with Crippen molar-refractivity contribution in [3.63, 3.8) is 0 Å². The molecule has 6 nitrogen and oxygen atoms in total.